The largest absolute Gasteiger partial charge is 0.416 e. The summed E-state index contributed by atoms with van der Waals surface area (Å²) >= 11 is 6.42. The van der Waals surface area contributed by atoms with Crippen molar-refractivity contribution in [2.75, 3.05) is 44.9 Å². The Morgan fingerprint density at radius 3 is 2.46 bits per heavy atom. The van der Waals surface area contributed by atoms with E-state index in [1.165, 1.54) is 25.3 Å². The van der Waals surface area contributed by atoms with E-state index in [-0.39, 0.29) is 27.5 Å². The molecule has 0 fully saturated rings. The third kappa shape index (κ3) is 6.29. The van der Waals surface area contributed by atoms with Crippen LogP contribution in [0.15, 0.2) is 59.5 Å². The molecule has 0 aliphatic rings. The summed E-state index contributed by atoms with van der Waals surface area (Å²) in [5.41, 5.74) is -0.394. The van der Waals surface area contributed by atoms with E-state index in [1.807, 2.05) is 19.0 Å². The van der Waals surface area contributed by atoms with E-state index in [0.717, 1.165) is 35.5 Å². The van der Waals surface area contributed by atoms with Crippen LogP contribution in [0.25, 0.3) is 22.2 Å². The van der Waals surface area contributed by atoms with Gasteiger partial charge in [0.25, 0.3) is 11.5 Å². The molecule has 9 nitrogen and oxygen atoms in total. The molecule has 0 radical (unpaired) electrons. The van der Waals surface area contributed by atoms with Crippen LogP contribution in [0.3, 0.4) is 0 Å². The van der Waals surface area contributed by atoms with Gasteiger partial charge < -0.3 is 20.4 Å². The van der Waals surface area contributed by atoms with Gasteiger partial charge in [-0.15, -0.1) is 4.73 Å². The lowest BCUT2D eigenvalue weighted by Gasteiger charge is -2.14. The van der Waals surface area contributed by atoms with E-state index in [4.69, 9.17) is 16.4 Å². The highest BCUT2D eigenvalue weighted by molar-refractivity contribution is 6.33. The standard InChI is InChI=1S/C26H24ClF3N6O3/c1-35(2)11-10-31-25-32-14-16-12-20(24(38)36(39-3)22(16)34-25)19-13-18(8-9-21(19)27)33-23(37)15-4-6-17(7-5-15)26(28,29)30/h4-9,12-14H,10-11H2,1-3H3,(H,33,37)(H,31,32,34). The predicted octanol–water partition coefficient (Wildman–Crippen LogP) is 4.41. The Balaban J connectivity index is 1.66. The molecule has 204 valence electrons. The van der Waals surface area contributed by atoms with Gasteiger partial charge in [-0.2, -0.15) is 18.2 Å². The Morgan fingerprint density at radius 1 is 1.10 bits per heavy atom. The van der Waals surface area contributed by atoms with Gasteiger partial charge in [-0.05, 0) is 62.6 Å². The predicted molar refractivity (Wildman–Crippen MR) is 143 cm³/mol. The number of carbonyl (C=O) groups is 1. The SMILES string of the molecule is COn1c(=O)c(-c2cc(NC(=O)c3ccc(C(F)(F)F)cc3)ccc2Cl)cc2cnc(NCCN(C)C)nc21. The number of alkyl halides is 3. The molecule has 2 aromatic heterocycles. The summed E-state index contributed by atoms with van der Waals surface area (Å²) in [6, 6.07) is 9.89. The summed E-state index contributed by atoms with van der Waals surface area (Å²) in [5.74, 6) is -0.305. The fraction of sp³-hybridized carbons (Fsp3) is 0.231. The molecule has 0 unspecified atom stereocenters. The van der Waals surface area contributed by atoms with Crippen molar-refractivity contribution >= 4 is 40.2 Å². The number of hydrogen-bond donors (Lipinski definition) is 2. The minimum Gasteiger partial charge on any atom is -0.412 e. The topological polar surface area (TPSA) is 101 Å². The van der Waals surface area contributed by atoms with E-state index >= 15 is 0 Å². The first-order valence-electron chi connectivity index (χ1n) is 11.6. The average molecular weight is 561 g/mol. The van der Waals surface area contributed by atoms with Crippen molar-refractivity contribution in [3.8, 4) is 11.1 Å². The minimum absolute atomic E-state index is 0.0269. The van der Waals surface area contributed by atoms with Crippen LogP contribution >= 0.6 is 11.6 Å². The van der Waals surface area contributed by atoms with Gasteiger partial charge in [0.05, 0.1) is 11.1 Å². The maximum Gasteiger partial charge on any atom is 0.416 e. The minimum atomic E-state index is -4.51. The van der Waals surface area contributed by atoms with E-state index in [2.05, 4.69) is 20.6 Å². The smallest absolute Gasteiger partial charge is 0.412 e. The van der Waals surface area contributed by atoms with Gasteiger partial charge in [0.1, 0.15) is 7.11 Å². The molecular formula is C26H24ClF3N6O3. The van der Waals surface area contributed by atoms with Crippen LogP contribution in [-0.4, -0.2) is 59.8 Å². The lowest BCUT2D eigenvalue weighted by atomic mass is 10.0. The summed E-state index contributed by atoms with van der Waals surface area (Å²) in [4.78, 5) is 42.1. The maximum atomic E-state index is 13.4. The second-order valence-corrected chi connectivity index (χ2v) is 9.17. The van der Waals surface area contributed by atoms with Crippen molar-refractivity contribution in [2.45, 2.75) is 6.18 Å². The Hall–Kier alpha value is -4.16. The highest BCUT2D eigenvalue weighted by Gasteiger charge is 2.30. The van der Waals surface area contributed by atoms with Gasteiger partial charge in [0, 0.05) is 46.5 Å². The fourth-order valence-electron chi connectivity index (χ4n) is 3.73. The molecule has 0 saturated carbocycles. The molecule has 0 atom stereocenters. The number of amides is 1. The summed E-state index contributed by atoms with van der Waals surface area (Å²) in [5, 5.41) is 6.44. The molecule has 2 heterocycles. The van der Waals surface area contributed by atoms with Gasteiger partial charge >= 0.3 is 6.18 Å². The Labute approximate surface area is 226 Å². The van der Waals surface area contributed by atoms with Crippen molar-refractivity contribution in [2.24, 2.45) is 0 Å². The first kappa shape index (κ1) is 27.9. The number of anilines is 2. The molecule has 13 heteroatoms. The zero-order valence-corrected chi connectivity index (χ0v) is 21.9. The van der Waals surface area contributed by atoms with Crippen molar-refractivity contribution in [3.63, 3.8) is 0 Å². The normalized spacial score (nSPS) is 11.6. The zero-order valence-electron chi connectivity index (χ0n) is 21.1. The molecule has 2 aromatic carbocycles. The van der Waals surface area contributed by atoms with Crippen LogP contribution in [0.2, 0.25) is 5.02 Å². The molecule has 0 spiro atoms. The van der Waals surface area contributed by atoms with Gasteiger partial charge in [0.15, 0.2) is 5.65 Å². The number of nitrogens with zero attached hydrogens (tertiary/aromatic N) is 4. The van der Waals surface area contributed by atoms with Crippen LogP contribution in [0.5, 0.6) is 0 Å². The lowest BCUT2D eigenvalue weighted by Crippen LogP contribution is -2.28. The average Bonchev–Trinajstić information content (AvgIpc) is 2.89. The third-order valence-corrected chi connectivity index (χ3v) is 6.05. The maximum absolute atomic E-state index is 13.4. The first-order valence-corrected chi connectivity index (χ1v) is 12.0. The van der Waals surface area contributed by atoms with Gasteiger partial charge in [-0.25, -0.2) is 4.98 Å². The number of halogens is 4. The number of likely N-dealkylation sites (N-methyl/N-ethyl adjacent to an activating group) is 1. The Morgan fingerprint density at radius 2 is 1.82 bits per heavy atom. The van der Waals surface area contributed by atoms with Crippen molar-refractivity contribution in [1.29, 1.82) is 0 Å². The van der Waals surface area contributed by atoms with Gasteiger partial charge in [-0.3, -0.25) is 9.59 Å². The molecular weight excluding hydrogens is 537 g/mol. The van der Waals surface area contributed by atoms with Gasteiger partial charge in [0.2, 0.25) is 5.95 Å². The fourth-order valence-corrected chi connectivity index (χ4v) is 3.95. The molecule has 4 aromatic rings. The second kappa shape index (κ2) is 11.3. The second-order valence-electron chi connectivity index (χ2n) is 8.77. The molecule has 39 heavy (non-hydrogen) atoms. The zero-order chi connectivity index (χ0) is 28.3. The van der Waals surface area contributed by atoms with Crippen LogP contribution in [-0.2, 0) is 6.18 Å². The van der Waals surface area contributed by atoms with Crippen LogP contribution < -0.4 is 21.0 Å². The van der Waals surface area contributed by atoms with E-state index in [0.29, 0.717) is 23.4 Å². The summed E-state index contributed by atoms with van der Waals surface area (Å²) in [7, 11) is 5.20. The van der Waals surface area contributed by atoms with E-state index in [9.17, 15) is 22.8 Å². The Kier molecular flexibility index (Phi) is 8.07. The number of nitrogens with one attached hydrogen (secondary N) is 2. The van der Waals surface area contributed by atoms with Crippen LogP contribution in [0.1, 0.15) is 15.9 Å². The quantitative estimate of drug-likeness (QED) is 0.329. The monoisotopic (exact) mass is 560 g/mol. The van der Waals surface area contributed by atoms with E-state index < -0.39 is 23.2 Å². The molecule has 4 rings (SSSR count). The molecule has 0 aliphatic carbocycles. The van der Waals surface area contributed by atoms with Crippen LogP contribution in [0, 0.1) is 0 Å². The van der Waals surface area contributed by atoms with Crippen LogP contribution in [0.4, 0.5) is 24.8 Å². The first-order chi connectivity index (χ1) is 18.5. The summed E-state index contributed by atoms with van der Waals surface area (Å²) in [6.45, 7) is 1.34. The number of fused-ring (bicyclic) bond motifs is 1. The van der Waals surface area contributed by atoms with Crippen molar-refractivity contribution < 1.29 is 22.8 Å². The highest BCUT2D eigenvalue weighted by atomic mass is 35.5. The number of hydrogen-bond acceptors (Lipinski definition) is 7. The molecule has 0 saturated heterocycles. The number of benzene rings is 2. The number of rotatable bonds is 8. The number of carbonyl (C=O) groups excluding carboxylic acids is 1. The highest BCUT2D eigenvalue weighted by Crippen LogP contribution is 2.31. The lowest BCUT2D eigenvalue weighted by molar-refractivity contribution is -0.137. The van der Waals surface area contributed by atoms with Gasteiger partial charge in [-0.1, -0.05) is 11.6 Å². The third-order valence-electron chi connectivity index (χ3n) is 5.72. The molecule has 0 bridgehead atoms. The van der Waals surface area contributed by atoms with Crippen molar-refractivity contribution in [1.82, 2.24) is 19.6 Å². The molecule has 2 N–H and O–H groups in total. The van der Waals surface area contributed by atoms with E-state index in [1.54, 1.807) is 12.3 Å². The molecule has 1 amide bonds. The van der Waals surface area contributed by atoms with Crippen molar-refractivity contribution in [3.05, 3.63) is 81.2 Å². The summed E-state index contributed by atoms with van der Waals surface area (Å²) in [6.07, 6.45) is -2.97. The number of aromatic nitrogens is 3. The number of pyridine rings is 1. The summed E-state index contributed by atoms with van der Waals surface area (Å²) < 4.78 is 39.5. The molecule has 0 aliphatic heterocycles. The Bertz CT molecular complexity index is 1570.